The maximum Gasteiger partial charge on any atom is 0.323 e. The van der Waals surface area contributed by atoms with Crippen molar-refractivity contribution in [3.8, 4) is 0 Å². The molecular formula is C13H18N2O4. The van der Waals surface area contributed by atoms with Gasteiger partial charge < -0.3 is 10.0 Å². The average molecular weight is 266 g/mol. The van der Waals surface area contributed by atoms with Crippen molar-refractivity contribution in [2.24, 2.45) is 5.92 Å². The number of carboxylic acids is 1. The predicted molar refractivity (Wildman–Crippen MR) is 72.5 cm³/mol. The fourth-order valence-electron chi connectivity index (χ4n) is 2.04. The van der Waals surface area contributed by atoms with Crippen LogP contribution in [0.25, 0.3) is 0 Å². The molecule has 19 heavy (non-hydrogen) atoms. The third-order valence-electron chi connectivity index (χ3n) is 2.64. The highest BCUT2D eigenvalue weighted by molar-refractivity contribution is 5.77. The molecule has 0 radical (unpaired) electrons. The number of aryl methyl sites for hydroxylation is 1. The highest BCUT2D eigenvalue weighted by Crippen LogP contribution is 2.31. The average Bonchev–Trinajstić information content (AvgIpc) is 2.26. The zero-order valence-corrected chi connectivity index (χ0v) is 11.3. The van der Waals surface area contributed by atoms with Crippen LogP contribution in [0, 0.1) is 23.0 Å². The van der Waals surface area contributed by atoms with E-state index in [0.29, 0.717) is 17.8 Å². The molecule has 1 aromatic rings. The fraction of sp³-hybridized carbons (Fsp3) is 0.462. The summed E-state index contributed by atoms with van der Waals surface area (Å²) < 4.78 is 0. The van der Waals surface area contributed by atoms with E-state index in [1.54, 1.807) is 24.0 Å². The first kappa shape index (κ1) is 14.9. The van der Waals surface area contributed by atoms with Crippen molar-refractivity contribution in [1.29, 1.82) is 0 Å². The standard InChI is InChI=1S/C13H18N2O4/c1-9(2)7-14(8-12(16)17)13-10(3)5-4-6-11(13)15(18)19/h4-6,9H,7-8H2,1-3H3,(H,16,17). The van der Waals surface area contributed by atoms with E-state index in [4.69, 9.17) is 5.11 Å². The summed E-state index contributed by atoms with van der Waals surface area (Å²) in [6.45, 7) is 5.84. The van der Waals surface area contributed by atoms with Gasteiger partial charge in [0.2, 0.25) is 0 Å². The molecule has 0 atom stereocenters. The molecule has 0 fully saturated rings. The molecule has 0 saturated heterocycles. The van der Waals surface area contributed by atoms with Crippen LogP contribution < -0.4 is 4.90 Å². The van der Waals surface area contributed by atoms with Gasteiger partial charge in [-0.1, -0.05) is 26.0 Å². The quantitative estimate of drug-likeness (QED) is 0.631. The van der Waals surface area contributed by atoms with E-state index in [0.717, 1.165) is 0 Å². The first-order valence-corrected chi connectivity index (χ1v) is 6.03. The van der Waals surface area contributed by atoms with Crippen LogP contribution in [0.5, 0.6) is 0 Å². The lowest BCUT2D eigenvalue weighted by Gasteiger charge is -2.26. The van der Waals surface area contributed by atoms with Crippen molar-refractivity contribution in [2.75, 3.05) is 18.0 Å². The Morgan fingerprint density at radius 3 is 2.58 bits per heavy atom. The molecule has 0 aliphatic heterocycles. The molecule has 1 N–H and O–H groups in total. The minimum absolute atomic E-state index is 0.0538. The van der Waals surface area contributed by atoms with Gasteiger partial charge in [0.15, 0.2) is 0 Å². The number of anilines is 1. The number of carboxylic acid groups (broad SMARTS) is 1. The van der Waals surface area contributed by atoms with E-state index < -0.39 is 10.9 Å². The first-order chi connectivity index (χ1) is 8.82. The first-order valence-electron chi connectivity index (χ1n) is 6.03. The smallest absolute Gasteiger partial charge is 0.323 e. The van der Waals surface area contributed by atoms with Crippen LogP contribution in [0.3, 0.4) is 0 Å². The van der Waals surface area contributed by atoms with Crippen LogP contribution in [0.15, 0.2) is 18.2 Å². The van der Waals surface area contributed by atoms with Crippen molar-refractivity contribution in [3.05, 3.63) is 33.9 Å². The molecule has 0 spiro atoms. The summed E-state index contributed by atoms with van der Waals surface area (Å²) in [5, 5.41) is 20.0. The third-order valence-corrected chi connectivity index (χ3v) is 2.64. The monoisotopic (exact) mass is 266 g/mol. The van der Waals surface area contributed by atoms with Gasteiger partial charge in [0, 0.05) is 12.6 Å². The number of nitro groups is 1. The van der Waals surface area contributed by atoms with Gasteiger partial charge in [-0.15, -0.1) is 0 Å². The van der Waals surface area contributed by atoms with Crippen LogP contribution in [0.2, 0.25) is 0 Å². The van der Waals surface area contributed by atoms with Gasteiger partial charge in [0.05, 0.1) is 4.92 Å². The van der Waals surface area contributed by atoms with Gasteiger partial charge in [0.25, 0.3) is 5.69 Å². The maximum atomic E-state index is 11.1. The molecule has 0 heterocycles. The maximum absolute atomic E-state index is 11.1. The van der Waals surface area contributed by atoms with Gasteiger partial charge >= 0.3 is 5.97 Å². The van der Waals surface area contributed by atoms with Crippen molar-refractivity contribution >= 4 is 17.3 Å². The van der Waals surface area contributed by atoms with E-state index in [9.17, 15) is 14.9 Å². The van der Waals surface area contributed by atoms with Crippen molar-refractivity contribution in [1.82, 2.24) is 0 Å². The molecule has 6 nitrogen and oxygen atoms in total. The Labute approximate surface area is 111 Å². The topological polar surface area (TPSA) is 83.7 Å². The molecule has 0 aliphatic carbocycles. The Balaban J connectivity index is 3.27. The predicted octanol–water partition coefficient (Wildman–Crippen LogP) is 2.45. The van der Waals surface area contributed by atoms with Gasteiger partial charge in [0.1, 0.15) is 12.2 Å². The number of hydrogen-bond acceptors (Lipinski definition) is 4. The van der Waals surface area contributed by atoms with Gasteiger partial charge in [-0.2, -0.15) is 0 Å². The van der Waals surface area contributed by atoms with E-state index in [-0.39, 0.29) is 18.2 Å². The minimum atomic E-state index is -1.00. The zero-order chi connectivity index (χ0) is 14.6. The number of hydrogen-bond donors (Lipinski definition) is 1. The zero-order valence-electron chi connectivity index (χ0n) is 11.3. The summed E-state index contributed by atoms with van der Waals surface area (Å²) in [5.41, 5.74) is 1.04. The Hall–Kier alpha value is -2.11. The molecule has 0 saturated carbocycles. The molecule has 104 valence electrons. The van der Waals surface area contributed by atoms with Crippen molar-refractivity contribution < 1.29 is 14.8 Å². The van der Waals surface area contributed by atoms with Crippen LogP contribution in [0.4, 0.5) is 11.4 Å². The van der Waals surface area contributed by atoms with Crippen LogP contribution in [-0.2, 0) is 4.79 Å². The molecule has 0 amide bonds. The molecule has 0 bridgehead atoms. The molecule has 1 aromatic carbocycles. The highest BCUT2D eigenvalue weighted by atomic mass is 16.6. The van der Waals surface area contributed by atoms with Crippen molar-refractivity contribution in [3.63, 3.8) is 0 Å². The number of nitro benzene ring substituents is 1. The molecule has 0 unspecified atom stereocenters. The second kappa shape index (κ2) is 6.17. The van der Waals surface area contributed by atoms with Gasteiger partial charge in [-0.25, -0.2) is 0 Å². The molecule has 0 aromatic heterocycles. The normalized spacial score (nSPS) is 10.5. The van der Waals surface area contributed by atoms with Gasteiger partial charge in [-0.05, 0) is 18.4 Å². The van der Waals surface area contributed by atoms with E-state index >= 15 is 0 Å². The summed E-state index contributed by atoms with van der Waals surface area (Å²) in [6, 6.07) is 4.75. The summed E-state index contributed by atoms with van der Waals surface area (Å²) in [4.78, 5) is 23.1. The number of benzene rings is 1. The number of rotatable bonds is 6. The summed E-state index contributed by atoms with van der Waals surface area (Å²) >= 11 is 0. The van der Waals surface area contributed by atoms with Crippen LogP contribution in [0.1, 0.15) is 19.4 Å². The molecule has 1 rings (SSSR count). The second-order valence-electron chi connectivity index (χ2n) is 4.87. The number of nitrogens with zero attached hydrogens (tertiary/aromatic N) is 2. The lowest BCUT2D eigenvalue weighted by atomic mass is 10.1. The van der Waals surface area contributed by atoms with Crippen LogP contribution in [-0.4, -0.2) is 29.1 Å². The van der Waals surface area contributed by atoms with E-state index in [1.807, 2.05) is 13.8 Å². The summed E-state index contributed by atoms with van der Waals surface area (Å²) in [7, 11) is 0. The largest absolute Gasteiger partial charge is 0.480 e. The molecular weight excluding hydrogens is 248 g/mol. The van der Waals surface area contributed by atoms with E-state index in [1.165, 1.54) is 6.07 Å². The molecule has 6 heteroatoms. The number of carbonyl (C=O) groups is 1. The lowest BCUT2D eigenvalue weighted by Crippen LogP contribution is -2.34. The third kappa shape index (κ3) is 3.94. The second-order valence-corrected chi connectivity index (χ2v) is 4.87. The Kier molecular flexibility index (Phi) is 4.86. The van der Waals surface area contributed by atoms with E-state index in [2.05, 4.69) is 0 Å². The Morgan fingerprint density at radius 1 is 1.47 bits per heavy atom. The number of para-hydroxylation sites is 1. The highest BCUT2D eigenvalue weighted by Gasteiger charge is 2.23. The Bertz CT molecular complexity index is 486. The summed E-state index contributed by atoms with van der Waals surface area (Å²) in [5.74, 6) is -0.795. The lowest BCUT2D eigenvalue weighted by molar-refractivity contribution is -0.384. The minimum Gasteiger partial charge on any atom is -0.480 e. The van der Waals surface area contributed by atoms with Crippen molar-refractivity contribution in [2.45, 2.75) is 20.8 Å². The Morgan fingerprint density at radius 2 is 2.11 bits per heavy atom. The van der Waals surface area contributed by atoms with Crippen LogP contribution >= 0.6 is 0 Å². The van der Waals surface area contributed by atoms with Gasteiger partial charge in [-0.3, -0.25) is 14.9 Å². The number of aliphatic carboxylic acids is 1. The fourth-order valence-corrected chi connectivity index (χ4v) is 2.04. The molecule has 0 aliphatic rings. The SMILES string of the molecule is Cc1cccc([N+](=O)[O-])c1N(CC(=O)O)CC(C)C. The summed E-state index contributed by atoms with van der Waals surface area (Å²) in [6.07, 6.45) is 0.